The molecule has 0 radical (unpaired) electrons. The van der Waals surface area contributed by atoms with E-state index >= 15 is 0 Å². The van der Waals surface area contributed by atoms with Gasteiger partial charge in [-0.25, -0.2) is 0 Å². The Bertz CT molecular complexity index is 473. The van der Waals surface area contributed by atoms with Crippen molar-refractivity contribution < 1.29 is 14.7 Å². The molecule has 1 aliphatic rings. The molecule has 22 heavy (non-hydrogen) atoms. The van der Waals surface area contributed by atoms with Crippen LogP contribution < -0.4 is 0 Å². The molecule has 1 aliphatic carbocycles. The van der Waals surface area contributed by atoms with Crippen LogP contribution in [0.4, 0.5) is 0 Å². The molecular formula is C19H32O3. The van der Waals surface area contributed by atoms with Crippen molar-refractivity contribution in [3.63, 3.8) is 0 Å². The maximum absolute atomic E-state index is 12.6. The summed E-state index contributed by atoms with van der Waals surface area (Å²) in [7, 11) is 0. The molecule has 126 valence electrons. The molecule has 0 aromatic carbocycles. The quantitative estimate of drug-likeness (QED) is 0.545. The molecule has 4 unspecified atom stereocenters. The van der Waals surface area contributed by atoms with Gasteiger partial charge in [0.2, 0.25) is 0 Å². The number of carbonyl (C=O) groups is 2. The number of Topliss-reactive ketones (excluding diaryl/α,β-unsaturated/α-hetero) is 2. The molecule has 0 aromatic heterocycles. The van der Waals surface area contributed by atoms with Crippen molar-refractivity contribution in [2.45, 2.75) is 73.3 Å². The third kappa shape index (κ3) is 4.07. The fourth-order valence-corrected chi connectivity index (χ4v) is 3.51. The van der Waals surface area contributed by atoms with Crippen LogP contribution in [0, 0.1) is 23.7 Å². The molecule has 0 saturated heterocycles. The van der Waals surface area contributed by atoms with Gasteiger partial charge in [-0.3, -0.25) is 9.59 Å². The van der Waals surface area contributed by atoms with Crippen LogP contribution in [0.3, 0.4) is 0 Å². The number of allylic oxidation sites excluding steroid dienone is 2. The van der Waals surface area contributed by atoms with Crippen LogP contribution in [-0.2, 0) is 9.59 Å². The highest BCUT2D eigenvalue weighted by Crippen LogP contribution is 2.33. The predicted octanol–water partition coefficient (Wildman–Crippen LogP) is 3.94. The fourth-order valence-electron chi connectivity index (χ4n) is 3.51. The summed E-state index contributed by atoms with van der Waals surface area (Å²) in [5, 5.41) is 10.5. The van der Waals surface area contributed by atoms with E-state index in [4.69, 9.17) is 0 Å². The zero-order valence-corrected chi connectivity index (χ0v) is 15.2. The van der Waals surface area contributed by atoms with E-state index in [1.807, 2.05) is 13.8 Å². The molecule has 1 N–H and O–H groups in total. The van der Waals surface area contributed by atoms with Crippen LogP contribution in [-0.4, -0.2) is 22.3 Å². The Morgan fingerprint density at radius 2 is 1.59 bits per heavy atom. The van der Waals surface area contributed by atoms with Gasteiger partial charge < -0.3 is 5.11 Å². The Morgan fingerprint density at radius 3 is 2.14 bits per heavy atom. The summed E-state index contributed by atoms with van der Waals surface area (Å²) >= 11 is 0. The molecule has 0 amide bonds. The molecular weight excluding hydrogens is 276 g/mol. The molecule has 0 spiro atoms. The van der Waals surface area contributed by atoms with Crippen LogP contribution in [0.15, 0.2) is 11.1 Å². The summed E-state index contributed by atoms with van der Waals surface area (Å²) in [6.45, 7) is 13.6. The van der Waals surface area contributed by atoms with Crippen LogP contribution in [0.1, 0.15) is 67.7 Å². The Balaban J connectivity index is 3.23. The molecule has 0 bridgehead atoms. The normalized spacial score (nSPS) is 42.7. The molecule has 0 heterocycles. The molecule has 1 rings (SSSR count). The van der Waals surface area contributed by atoms with Crippen molar-refractivity contribution in [2.24, 2.45) is 23.7 Å². The average molecular weight is 308 g/mol. The number of rotatable bonds is 0. The Morgan fingerprint density at radius 1 is 1.05 bits per heavy atom. The molecule has 0 aliphatic heterocycles. The Kier molecular flexibility index (Phi) is 6.14. The first kappa shape index (κ1) is 19.1. The van der Waals surface area contributed by atoms with Crippen molar-refractivity contribution in [3.05, 3.63) is 11.1 Å². The summed E-state index contributed by atoms with van der Waals surface area (Å²) in [6.07, 6.45) is 2.19. The summed E-state index contributed by atoms with van der Waals surface area (Å²) in [5.41, 5.74) is 0.316. The zero-order valence-electron chi connectivity index (χ0n) is 15.2. The monoisotopic (exact) mass is 308 g/mol. The first-order valence-corrected chi connectivity index (χ1v) is 8.43. The topological polar surface area (TPSA) is 54.4 Å². The van der Waals surface area contributed by atoms with Gasteiger partial charge in [0.1, 0.15) is 0 Å². The van der Waals surface area contributed by atoms with E-state index in [9.17, 15) is 14.7 Å². The van der Waals surface area contributed by atoms with E-state index in [2.05, 4.69) is 27.7 Å². The third-order valence-corrected chi connectivity index (χ3v) is 5.71. The number of hydrogen-bond acceptors (Lipinski definition) is 3. The van der Waals surface area contributed by atoms with Gasteiger partial charge in [-0.15, -0.1) is 0 Å². The van der Waals surface area contributed by atoms with Gasteiger partial charge in [0.05, 0.1) is 0 Å². The Labute approximate surface area is 135 Å². The lowest BCUT2D eigenvalue weighted by Crippen LogP contribution is -2.48. The van der Waals surface area contributed by atoms with Crippen molar-refractivity contribution in [1.82, 2.24) is 0 Å². The van der Waals surface area contributed by atoms with E-state index in [0.717, 1.165) is 18.4 Å². The number of ketones is 2. The molecule has 3 nitrogen and oxygen atoms in total. The lowest BCUT2D eigenvalue weighted by atomic mass is 9.73. The minimum Gasteiger partial charge on any atom is -0.375 e. The van der Waals surface area contributed by atoms with Crippen LogP contribution >= 0.6 is 0 Å². The third-order valence-electron chi connectivity index (χ3n) is 5.71. The van der Waals surface area contributed by atoms with Crippen molar-refractivity contribution >= 4 is 11.6 Å². The van der Waals surface area contributed by atoms with Crippen molar-refractivity contribution in [1.29, 1.82) is 0 Å². The second-order valence-electron chi connectivity index (χ2n) is 7.77. The van der Waals surface area contributed by atoms with Gasteiger partial charge in [-0.2, -0.15) is 0 Å². The van der Waals surface area contributed by atoms with Gasteiger partial charge >= 0.3 is 0 Å². The van der Waals surface area contributed by atoms with E-state index in [-0.39, 0.29) is 29.8 Å². The number of carbonyl (C=O) groups excluding carboxylic acids is 2. The average Bonchev–Trinajstić information content (AvgIpc) is 2.43. The second-order valence-corrected chi connectivity index (χ2v) is 7.77. The predicted molar refractivity (Wildman–Crippen MR) is 89.5 cm³/mol. The zero-order chi connectivity index (χ0) is 17.2. The summed E-state index contributed by atoms with van der Waals surface area (Å²) < 4.78 is 0. The first-order valence-electron chi connectivity index (χ1n) is 8.43. The van der Waals surface area contributed by atoms with Gasteiger partial charge in [0, 0.05) is 12.3 Å². The standard InChI is InChI=1S/C19H32O3/c1-11-8-12(2)13(3)10-17(20)19(7,22)18(21)16(6)15(5)14(4)9-11/h11,14-16,22H,8-10H2,1-7H3/b13-12-/t11?,14?,15?,16?,19-/m0/s1. The lowest BCUT2D eigenvalue weighted by molar-refractivity contribution is -0.152. The second kappa shape index (κ2) is 7.08. The van der Waals surface area contributed by atoms with Gasteiger partial charge in [0.15, 0.2) is 17.2 Å². The highest BCUT2D eigenvalue weighted by Gasteiger charge is 2.42. The highest BCUT2D eigenvalue weighted by atomic mass is 16.3. The van der Waals surface area contributed by atoms with Crippen LogP contribution in [0.2, 0.25) is 0 Å². The SMILES string of the molecule is C/C1=C(\C)CC(C)CC(C)C(C)C(C)C(=O)[C@@](C)(O)C(=O)C1. The first-order chi connectivity index (χ1) is 9.98. The minimum atomic E-state index is -1.88. The lowest BCUT2D eigenvalue weighted by Gasteiger charge is -2.32. The van der Waals surface area contributed by atoms with E-state index in [1.165, 1.54) is 12.5 Å². The van der Waals surface area contributed by atoms with Gasteiger partial charge in [-0.1, -0.05) is 38.8 Å². The van der Waals surface area contributed by atoms with Crippen molar-refractivity contribution in [3.8, 4) is 0 Å². The van der Waals surface area contributed by atoms with Gasteiger partial charge in [-0.05, 0) is 51.4 Å². The fraction of sp³-hybridized carbons (Fsp3) is 0.789. The van der Waals surface area contributed by atoms with Crippen molar-refractivity contribution in [2.75, 3.05) is 0 Å². The molecule has 0 fully saturated rings. The largest absolute Gasteiger partial charge is 0.375 e. The summed E-state index contributed by atoms with van der Waals surface area (Å²) in [4.78, 5) is 25.1. The van der Waals surface area contributed by atoms with E-state index in [0.29, 0.717) is 11.8 Å². The van der Waals surface area contributed by atoms with Crippen LogP contribution in [0.5, 0.6) is 0 Å². The minimum absolute atomic E-state index is 0.152. The molecule has 0 aromatic rings. The summed E-state index contributed by atoms with van der Waals surface area (Å²) in [6, 6.07) is 0. The Hall–Kier alpha value is -0.960. The van der Waals surface area contributed by atoms with Gasteiger partial charge in [0.25, 0.3) is 0 Å². The molecule has 0 saturated carbocycles. The van der Waals surface area contributed by atoms with Crippen LogP contribution in [0.25, 0.3) is 0 Å². The molecule has 5 atom stereocenters. The number of aliphatic hydroxyl groups is 1. The maximum atomic E-state index is 12.6. The maximum Gasteiger partial charge on any atom is 0.178 e. The smallest absolute Gasteiger partial charge is 0.178 e. The molecule has 3 heteroatoms. The summed E-state index contributed by atoms with van der Waals surface area (Å²) in [5.74, 6) is 0.0342. The highest BCUT2D eigenvalue weighted by molar-refractivity contribution is 6.11. The van der Waals surface area contributed by atoms with E-state index in [1.54, 1.807) is 0 Å². The van der Waals surface area contributed by atoms with E-state index < -0.39 is 5.60 Å². The number of hydrogen-bond donors (Lipinski definition) is 1.